The lowest BCUT2D eigenvalue weighted by Crippen LogP contribution is -2.21. The Morgan fingerprint density at radius 3 is 2.58 bits per heavy atom. The molecule has 126 valence electrons. The van der Waals surface area contributed by atoms with Crippen molar-refractivity contribution in [1.82, 2.24) is 0 Å². The number of carbonyl (C=O) groups excluding carboxylic acids is 1. The summed E-state index contributed by atoms with van der Waals surface area (Å²) in [4.78, 5) is 14.4. The summed E-state index contributed by atoms with van der Waals surface area (Å²) >= 11 is 0. The highest BCUT2D eigenvalue weighted by atomic mass is 16.3. The van der Waals surface area contributed by atoms with Crippen molar-refractivity contribution in [3.63, 3.8) is 0 Å². The Balaban J connectivity index is 1.59. The van der Waals surface area contributed by atoms with Crippen molar-refractivity contribution in [3.8, 4) is 0 Å². The number of nitrogens with one attached hydrogen (secondary N) is 1. The number of hydrogen-bond acceptors (Lipinski definition) is 3. The van der Waals surface area contributed by atoms with Crippen molar-refractivity contribution in [3.05, 3.63) is 59.7 Å². The second kappa shape index (κ2) is 7.05. The molecule has 1 saturated carbocycles. The minimum absolute atomic E-state index is 0.0721. The Morgan fingerprint density at radius 2 is 1.92 bits per heavy atom. The lowest BCUT2D eigenvalue weighted by Gasteiger charge is -2.18. The molecular formula is C20H24N2O2. The Kier molecular flexibility index (Phi) is 4.86. The first-order valence-electron chi connectivity index (χ1n) is 8.38. The van der Waals surface area contributed by atoms with Crippen LogP contribution in [0, 0.1) is 12.8 Å². The number of nitrogens with zero attached hydrogens (tertiary/aromatic N) is 1. The Labute approximate surface area is 143 Å². The van der Waals surface area contributed by atoms with Gasteiger partial charge in [-0.05, 0) is 54.7 Å². The SMILES string of the molecule is Cc1ccccc1C1CC1C(=O)Nc1ccc(N(C)CCO)cc1. The van der Waals surface area contributed by atoms with Gasteiger partial charge in [-0.1, -0.05) is 24.3 Å². The van der Waals surface area contributed by atoms with E-state index >= 15 is 0 Å². The van der Waals surface area contributed by atoms with Crippen LogP contribution in [0.3, 0.4) is 0 Å². The van der Waals surface area contributed by atoms with E-state index in [1.165, 1.54) is 11.1 Å². The molecule has 2 aromatic rings. The smallest absolute Gasteiger partial charge is 0.228 e. The molecule has 4 heteroatoms. The first-order chi connectivity index (χ1) is 11.6. The molecule has 1 aliphatic rings. The number of aliphatic hydroxyl groups is 1. The predicted molar refractivity (Wildman–Crippen MR) is 97.5 cm³/mol. The maximum absolute atomic E-state index is 12.4. The van der Waals surface area contributed by atoms with E-state index in [0.717, 1.165) is 17.8 Å². The summed E-state index contributed by atoms with van der Waals surface area (Å²) in [6, 6.07) is 16.0. The van der Waals surface area contributed by atoms with Crippen molar-refractivity contribution >= 4 is 17.3 Å². The van der Waals surface area contributed by atoms with E-state index in [1.807, 2.05) is 48.3 Å². The van der Waals surface area contributed by atoms with Gasteiger partial charge in [0.15, 0.2) is 0 Å². The molecule has 2 aromatic carbocycles. The van der Waals surface area contributed by atoms with Crippen molar-refractivity contribution < 1.29 is 9.90 Å². The van der Waals surface area contributed by atoms with E-state index < -0.39 is 0 Å². The van der Waals surface area contributed by atoms with E-state index in [0.29, 0.717) is 12.5 Å². The normalized spacial score (nSPS) is 19.0. The predicted octanol–water partition coefficient (Wildman–Crippen LogP) is 3.17. The van der Waals surface area contributed by atoms with Gasteiger partial charge in [0.2, 0.25) is 5.91 Å². The zero-order valence-corrected chi connectivity index (χ0v) is 14.2. The van der Waals surface area contributed by atoms with Gasteiger partial charge in [-0.3, -0.25) is 4.79 Å². The fourth-order valence-corrected chi connectivity index (χ4v) is 3.14. The van der Waals surface area contributed by atoms with Crippen LogP contribution in [-0.4, -0.2) is 31.2 Å². The van der Waals surface area contributed by atoms with Crippen LogP contribution in [0.25, 0.3) is 0 Å². The van der Waals surface area contributed by atoms with Crippen LogP contribution in [-0.2, 0) is 4.79 Å². The molecule has 4 nitrogen and oxygen atoms in total. The lowest BCUT2D eigenvalue weighted by molar-refractivity contribution is -0.117. The molecule has 0 aromatic heterocycles. The number of rotatable bonds is 6. The Hall–Kier alpha value is -2.33. The molecule has 24 heavy (non-hydrogen) atoms. The molecule has 1 fully saturated rings. The summed E-state index contributed by atoms with van der Waals surface area (Å²) in [5.74, 6) is 0.517. The maximum Gasteiger partial charge on any atom is 0.228 e. The standard InChI is InChI=1S/C20H24N2O2/c1-14-5-3-4-6-17(14)18-13-19(18)20(24)21-15-7-9-16(10-8-15)22(2)11-12-23/h3-10,18-19,23H,11-13H2,1-2H3,(H,21,24). The average Bonchev–Trinajstić information content (AvgIpc) is 3.37. The second-order valence-electron chi connectivity index (χ2n) is 6.49. The highest BCUT2D eigenvalue weighted by molar-refractivity contribution is 5.95. The third kappa shape index (κ3) is 3.60. The monoisotopic (exact) mass is 324 g/mol. The lowest BCUT2D eigenvalue weighted by atomic mass is 10.0. The maximum atomic E-state index is 12.4. The van der Waals surface area contributed by atoms with Crippen molar-refractivity contribution in [1.29, 1.82) is 0 Å². The first kappa shape index (κ1) is 16.5. The topological polar surface area (TPSA) is 52.6 Å². The number of aryl methyl sites for hydroxylation is 1. The molecule has 0 bridgehead atoms. The number of carbonyl (C=O) groups is 1. The number of amides is 1. The number of aliphatic hydroxyl groups excluding tert-OH is 1. The largest absolute Gasteiger partial charge is 0.395 e. The van der Waals surface area contributed by atoms with Gasteiger partial charge in [0.05, 0.1) is 6.61 Å². The van der Waals surface area contributed by atoms with Crippen molar-refractivity contribution in [2.24, 2.45) is 5.92 Å². The molecule has 2 unspecified atom stereocenters. The molecule has 2 atom stereocenters. The number of anilines is 2. The molecule has 0 spiro atoms. The summed E-state index contributed by atoms with van der Waals surface area (Å²) in [5, 5.41) is 12.0. The number of likely N-dealkylation sites (N-methyl/N-ethyl adjacent to an activating group) is 1. The minimum atomic E-state index is 0.0721. The molecule has 3 rings (SSSR count). The van der Waals surface area contributed by atoms with Crippen LogP contribution in [0.4, 0.5) is 11.4 Å². The quantitative estimate of drug-likeness (QED) is 0.858. The Morgan fingerprint density at radius 1 is 1.21 bits per heavy atom. The second-order valence-corrected chi connectivity index (χ2v) is 6.49. The van der Waals surface area contributed by atoms with E-state index in [2.05, 4.69) is 24.4 Å². The number of hydrogen-bond donors (Lipinski definition) is 2. The third-order valence-corrected chi connectivity index (χ3v) is 4.73. The van der Waals surface area contributed by atoms with Gasteiger partial charge < -0.3 is 15.3 Å². The molecule has 0 radical (unpaired) electrons. The van der Waals surface area contributed by atoms with Gasteiger partial charge in [0, 0.05) is 30.9 Å². The van der Waals surface area contributed by atoms with Gasteiger partial charge in [-0.2, -0.15) is 0 Å². The van der Waals surface area contributed by atoms with Gasteiger partial charge >= 0.3 is 0 Å². The fraction of sp³-hybridized carbons (Fsp3) is 0.350. The summed E-state index contributed by atoms with van der Waals surface area (Å²) in [7, 11) is 1.93. The molecule has 0 heterocycles. The zero-order valence-electron chi connectivity index (χ0n) is 14.2. The number of benzene rings is 2. The van der Waals surface area contributed by atoms with Gasteiger partial charge in [-0.15, -0.1) is 0 Å². The van der Waals surface area contributed by atoms with Gasteiger partial charge in [0.1, 0.15) is 0 Å². The van der Waals surface area contributed by atoms with E-state index in [1.54, 1.807) is 0 Å². The zero-order chi connectivity index (χ0) is 17.1. The van der Waals surface area contributed by atoms with E-state index in [-0.39, 0.29) is 18.4 Å². The Bertz CT molecular complexity index is 712. The molecular weight excluding hydrogens is 300 g/mol. The molecule has 1 amide bonds. The molecule has 0 saturated heterocycles. The van der Waals surface area contributed by atoms with E-state index in [4.69, 9.17) is 5.11 Å². The van der Waals surface area contributed by atoms with Crippen LogP contribution >= 0.6 is 0 Å². The average molecular weight is 324 g/mol. The van der Waals surface area contributed by atoms with Crippen LogP contribution in [0.1, 0.15) is 23.5 Å². The van der Waals surface area contributed by atoms with E-state index in [9.17, 15) is 4.79 Å². The summed E-state index contributed by atoms with van der Waals surface area (Å²) in [6.07, 6.45) is 0.925. The van der Waals surface area contributed by atoms with Gasteiger partial charge in [0.25, 0.3) is 0 Å². The minimum Gasteiger partial charge on any atom is -0.395 e. The van der Waals surface area contributed by atoms with Crippen molar-refractivity contribution in [2.45, 2.75) is 19.3 Å². The molecule has 2 N–H and O–H groups in total. The highest BCUT2D eigenvalue weighted by Crippen LogP contribution is 2.48. The fourth-order valence-electron chi connectivity index (χ4n) is 3.14. The van der Waals surface area contributed by atoms with Crippen LogP contribution in [0.15, 0.2) is 48.5 Å². The summed E-state index contributed by atoms with van der Waals surface area (Å²) in [5.41, 5.74) is 4.38. The van der Waals surface area contributed by atoms with Gasteiger partial charge in [-0.25, -0.2) is 0 Å². The highest BCUT2D eigenvalue weighted by Gasteiger charge is 2.44. The van der Waals surface area contributed by atoms with Crippen LogP contribution in [0.5, 0.6) is 0 Å². The summed E-state index contributed by atoms with van der Waals surface area (Å²) < 4.78 is 0. The molecule has 0 aliphatic heterocycles. The molecule has 1 aliphatic carbocycles. The van der Waals surface area contributed by atoms with Crippen LogP contribution in [0.2, 0.25) is 0 Å². The summed E-state index contributed by atoms with van der Waals surface area (Å²) in [6.45, 7) is 2.81. The third-order valence-electron chi connectivity index (χ3n) is 4.73. The first-order valence-corrected chi connectivity index (χ1v) is 8.38. The van der Waals surface area contributed by atoms with Crippen LogP contribution < -0.4 is 10.2 Å². The van der Waals surface area contributed by atoms with Crippen molar-refractivity contribution in [2.75, 3.05) is 30.4 Å².